The van der Waals surface area contributed by atoms with Gasteiger partial charge in [-0.2, -0.15) is 5.10 Å². The van der Waals surface area contributed by atoms with Crippen molar-refractivity contribution in [3.05, 3.63) is 40.6 Å². The Morgan fingerprint density at radius 2 is 2.35 bits per heavy atom. The zero-order valence-corrected chi connectivity index (χ0v) is 16.8. The van der Waals surface area contributed by atoms with E-state index in [1.165, 1.54) is 11.3 Å². The molecule has 1 fully saturated rings. The fourth-order valence-electron chi connectivity index (χ4n) is 3.03. The Labute approximate surface area is 163 Å². The van der Waals surface area contributed by atoms with Crippen molar-refractivity contribution in [2.45, 2.75) is 32.4 Å². The van der Waals surface area contributed by atoms with E-state index in [1.54, 1.807) is 15.6 Å². The average molecular weight is 435 g/mol. The number of fused-ring (bicyclic) bond motifs is 1. The minimum Gasteiger partial charge on any atom is -0.376 e. The number of aryl methyl sites for hydroxylation is 1. The van der Waals surface area contributed by atoms with Crippen LogP contribution in [0.1, 0.15) is 30.3 Å². The van der Waals surface area contributed by atoms with Crippen LogP contribution in [-0.4, -0.2) is 39.9 Å². The van der Waals surface area contributed by atoms with Crippen molar-refractivity contribution in [3.8, 4) is 0 Å². The molecule has 0 radical (unpaired) electrons. The summed E-state index contributed by atoms with van der Waals surface area (Å²) in [6.45, 7) is 3.98. The second-order valence-corrected chi connectivity index (χ2v) is 8.14. The van der Waals surface area contributed by atoms with E-state index in [0.29, 0.717) is 17.4 Å². The van der Waals surface area contributed by atoms with Gasteiger partial charge < -0.3 is 4.74 Å². The molecule has 4 rings (SSSR count). The van der Waals surface area contributed by atoms with Crippen molar-refractivity contribution in [1.29, 1.82) is 0 Å². The minimum atomic E-state index is -0.133. The first kappa shape index (κ1) is 17.6. The summed E-state index contributed by atoms with van der Waals surface area (Å²) in [5.41, 5.74) is 1.32. The van der Waals surface area contributed by atoms with Crippen molar-refractivity contribution in [3.63, 3.8) is 0 Å². The normalized spacial score (nSPS) is 17.1. The van der Waals surface area contributed by atoms with Gasteiger partial charge in [0.05, 0.1) is 22.9 Å². The molecule has 1 amide bonds. The summed E-state index contributed by atoms with van der Waals surface area (Å²) < 4.78 is 9.56. The van der Waals surface area contributed by atoms with Gasteiger partial charge in [0.2, 0.25) is 0 Å². The average Bonchev–Trinajstić information content (AvgIpc) is 3.38. The number of aromatic nitrogens is 3. The fraction of sp³-hybridized carbons (Fsp3) is 0.389. The van der Waals surface area contributed by atoms with Crippen molar-refractivity contribution in [2.75, 3.05) is 18.1 Å². The second-order valence-electron chi connectivity index (χ2n) is 6.22. The molecule has 3 heterocycles. The number of amides is 1. The molecule has 0 saturated carbocycles. The third-order valence-electron chi connectivity index (χ3n) is 4.41. The van der Waals surface area contributed by atoms with E-state index in [-0.39, 0.29) is 12.0 Å². The number of nitrogens with zero attached hydrogens (tertiary/aromatic N) is 4. The number of halogens is 1. The molecule has 1 saturated heterocycles. The number of carbonyl (C=O) groups is 1. The first-order valence-corrected chi connectivity index (χ1v) is 10.3. The van der Waals surface area contributed by atoms with Crippen LogP contribution in [0.5, 0.6) is 0 Å². The summed E-state index contributed by atoms with van der Waals surface area (Å²) in [5.74, 6) is -0.133. The Kier molecular flexibility index (Phi) is 5.06. The molecule has 1 aliphatic rings. The van der Waals surface area contributed by atoms with Gasteiger partial charge in [0.1, 0.15) is 0 Å². The number of hydrogen-bond acceptors (Lipinski definition) is 5. The summed E-state index contributed by atoms with van der Waals surface area (Å²) in [7, 11) is 0. The maximum absolute atomic E-state index is 13.2. The van der Waals surface area contributed by atoms with Gasteiger partial charge in [-0.05, 0) is 44.0 Å². The highest BCUT2D eigenvalue weighted by atomic mass is 79.9. The maximum atomic E-state index is 13.2. The van der Waals surface area contributed by atoms with E-state index in [2.05, 4.69) is 26.0 Å². The molecule has 26 heavy (non-hydrogen) atoms. The third-order valence-corrected chi connectivity index (χ3v) is 5.94. The number of ether oxygens (including phenoxy) is 1. The Hall–Kier alpha value is -1.77. The second kappa shape index (κ2) is 7.46. The first-order chi connectivity index (χ1) is 12.6. The molecule has 8 heteroatoms. The van der Waals surface area contributed by atoms with Crippen LogP contribution >= 0.6 is 27.3 Å². The van der Waals surface area contributed by atoms with Crippen LogP contribution in [0.4, 0.5) is 5.13 Å². The van der Waals surface area contributed by atoms with Gasteiger partial charge >= 0.3 is 0 Å². The lowest BCUT2D eigenvalue weighted by atomic mass is 10.2. The quantitative estimate of drug-likeness (QED) is 0.606. The largest absolute Gasteiger partial charge is 0.376 e. The van der Waals surface area contributed by atoms with Gasteiger partial charge in [-0.25, -0.2) is 4.98 Å². The summed E-state index contributed by atoms with van der Waals surface area (Å²) in [5, 5.41) is 5.06. The van der Waals surface area contributed by atoms with Gasteiger partial charge in [-0.3, -0.25) is 14.4 Å². The van der Waals surface area contributed by atoms with E-state index in [9.17, 15) is 4.79 Å². The minimum absolute atomic E-state index is 0.0472. The molecule has 1 aliphatic heterocycles. The smallest absolute Gasteiger partial charge is 0.280 e. The summed E-state index contributed by atoms with van der Waals surface area (Å²) in [6.07, 6.45) is 3.87. The number of anilines is 1. The molecular weight excluding hydrogens is 416 g/mol. The van der Waals surface area contributed by atoms with Crippen LogP contribution in [0.2, 0.25) is 0 Å². The summed E-state index contributed by atoms with van der Waals surface area (Å²) >= 11 is 5.00. The number of rotatable bonds is 5. The highest BCUT2D eigenvalue weighted by molar-refractivity contribution is 9.10. The Balaban J connectivity index is 1.69. The molecule has 0 bridgehead atoms. The monoisotopic (exact) mass is 434 g/mol. The zero-order chi connectivity index (χ0) is 18.1. The van der Waals surface area contributed by atoms with E-state index in [1.807, 2.05) is 31.3 Å². The molecule has 0 N–H and O–H groups in total. The molecule has 0 spiro atoms. The number of benzene rings is 1. The van der Waals surface area contributed by atoms with Crippen molar-refractivity contribution < 1.29 is 9.53 Å². The Bertz CT molecular complexity index is 932. The maximum Gasteiger partial charge on any atom is 0.280 e. The highest BCUT2D eigenvalue weighted by Crippen LogP contribution is 2.32. The standard InChI is InChI=1S/C18H19BrN4O2S/c1-2-22-8-7-15(21-22)17(24)23(11-13-4-3-9-25-13)18-20-14-6-5-12(19)10-16(14)26-18/h5-8,10,13H,2-4,9,11H2,1H3. The van der Waals surface area contributed by atoms with E-state index in [0.717, 1.165) is 40.7 Å². The topological polar surface area (TPSA) is 60.2 Å². The van der Waals surface area contributed by atoms with Gasteiger partial charge in [0.15, 0.2) is 10.8 Å². The number of carbonyl (C=O) groups excluding carboxylic acids is 1. The summed E-state index contributed by atoms with van der Waals surface area (Å²) in [6, 6.07) is 7.70. The van der Waals surface area contributed by atoms with E-state index >= 15 is 0 Å². The van der Waals surface area contributed by atoms with Gasteiger partial charge in [-0.15, -0.1) is 0 Å². The van der Waals surface area contributed by atoms with Gasteiger partial charge in [0, 0.05) is 23.8 Å². The molecule has 1 atom stereocenters. The lowest BCUT2D eigenvalue weighted by Crippen LogP contribution is -2.37. The molecule has 0 aliphatic carbocycles. The van der Waals surface area contributed by atoms with Crippen LogP contribution in [0.15, 0.2) is 34.9 Å². The predicted molar refractivity (Wildman–Crippen MR) is 106 cm³/mol. The molecule has 2 aromatic heterocycles. The SMILES string of the molecule is CCn1ccc(C(=O)N(CC2CCCO2)c2nc3ccc(Br)cc3s2)n1. The highest BCUT2D eigenvalue weighted by Gasteiger charge is 2.28. The summed E-state index contributed by atoms with van der Waals surface area (Å²) in [4.78, 5) is 19.6. The molecule has 3 aromatic rings. The lowest BCUT2D eigenvalue weighted by Gasteiger charge is -2.22. The third kappa shape index (κ3) is 3.54. The van der Waals surface area contributed by atoms with E-state index < -0.39 is 0 Å². The van der Waals surface area contributed by atoms with Gasteiger partial charge in [0.25, 0.3) is 5.91 Å². The van der Waals surface area contributed by atoms with Crippen LogP contribution < -0.4 is 4.90 Å². The van der Waals surface area contributed by atoms with Crippen molar-refractivity contribution in [2.24, 2.45) is 0 Å². The van der Waals surface area contributed by atoms with Crippen LogP contribution in [0, 0.1) is 0 Å². The number of thiazole rings is 1. The lowest BCUT2D eigenvalue weighted by molar-refractivity contribution is 0.0912. The molecular formula is C18H19BrN4O2S. The number of hydrogen-bond donors (Lipinski definition) is 0. The first-order valence-electron chi connectivity index (χ1n) is 8.67. The Morgan fingerprint density at radius 3 is 3.08 bits per heavy atom. The van der Waals surface area contributed by atoms with E-state index in [4.69, 9.17) is 4.74 Å². The van der Waals surface area contributed by atoms with Crippen molar-refractivity contribution >= 4 is 48.5 Å². The van der Waals surface area contributed by atoms with Crippen LogP contribution in [-0.2, 0) is 11.3 Å². The molecule has 1 aromatic carbocycles. The van der Waals surface area contributed by atoms with Gasteiger partial charge in [-0.1, -0.05) is 27.3 Å². The Morgan fingerprint density at radius 1 is 1.46 bits per heavy atom. The van der Waals surface area contributed by atoms with Crippen molar-refractivity contribution in [1.82, 2.24) is 14.8 Å². The zero-order valence-electron chi connectivity index (χ0n) is 14.4. The molecule has 6 nitrogen and oxygen atoms in total. The van der Waals surface area contributed by atoms with Crippen LogP contribution in [0.25, 0.3) is 10.2 Å². The predicted octanol–water partition coefficient (Wildman–Crippen LogP) is 4.10. The molecule has 136 valence electrons. The fourth-order valence-corrected chi connectivity index (χ4v) is 4.56. The van der Waals surface area contributed by atoms with Crippen LogP contribution in [0.3, 0.4) is 0 Å². The molecule has 1 unspecified atom stereocenters.